The summed E-state index contributed by atoms with van der Waals surface area (Å²) in [6.45, 7) is 0.348. The highest BCUT2D eigenvalue weighted by molar-refractivity contribution is 7.89. The van der Waals surface area contributed by atoms with Gasteiger partial charge in [0, 0.05) is 24.0 Å². The maximum atomic E-state index is 13.1. The maximum absolute atomic E-state index is 13.1. The minimum atomic E-state index is -3.72. The molecule has 3 aromatic rings. The second-order valence-corrected chi connectivity index (χ2v) is 10.8. The molecule has 1 aliphatic rings. The molecule has 0 radical (unpaired) electrons. The summed E-state index contributed by atoms with van der Waals surface area (Å²) in [5.41, 5.74) is 1.32. The molecular formula is C24H24FN3O5S2. The van der Waals surface area contributed by atoms with Gasteiger partial charge in [-0.2, -0.15) is 4.31 Å². The molecule has 184 valence electrons. The number of amides is 1. The van der Waals surface area contributed by atoms with Crippen molar-refractivity contribution in [1.82, 2.24) is 9.29 Å². The van der Waals surface area contributed by atoms with Gasteiger partial charge in [0.1, 0.15) is 5.82 Å². The van der Waals surface area contributed by atoms with E-state index in [0.29, 0.717) is 29.5 Å². The van der Waals surface area contributed by atoms with Crippen LogP contribution < -0.4 is 5.32 Å². The van der Waals surface area contributed by atoms with Crippen molar-refractivity contribution in [3.05, 3.63) is 65.3 Å². The smallest absolute Gasteiger partial charge is 0.338 e. The number of ether oxygens (including phenoxy) is 1. The molecule has 1 aliphatic heterocycles. The Morgan fingerprint density at radius 1 is 1.06 bits per heavy atom. The zero-order valence-corrected chi connectivity index (χ0v) is 20.4. The average Bonchev–Trinajstić information content (AvgIpc) is 3.13. The number of esters is 1. The number of carbonyl (C=O) groups is 2. The Balaban J connectivity index is 1.35. The first kappa shape index (κ1) is 25.0. The number of halogens is 1. The van der Waals surface area contributed by atoms with Crippen LogP contribution in [-0.4, -0.2) is 49.3 Å². The van der Waals surface area contributed by atoms with Gasteiger partial charge in [-0.05, 0) is 55.3 Å². The third-order valence-corrected chi connectivity index (χ3v) is 8.15. The molecule has 2 heterocycles. The minimum absolute atomic E-state index is 0.0226. The van der Waals surface area contributed by atoms with E-state index in [2.05, 4.69) is 10.3 Å². The molecule has 1 fully saturated rings. The fraction of sp³-hybridized carbons (Fsp3) is 0.292. The van der Waals surface area contributed by atoms with Gasteiger partial charge in [0.05, 0.1) is 16.2 Å². The molecule has 2 aromatic carbocycles. The summed E-state index contributed by atoms with van der Waals surface area (Å²) < 4.78 is 45.6. The molecule has 1 N–H and O–H groups in total. The normalized spacial score (nSPS) is 14.8. The van der Waals surface area contributed by atoms with E-state index in [4.69, 9.17) is 4.74 Å². The number of carbonyl (C=O) groups excluding carboxylic acids is 2. The summed E-state index contributed by atoms with van der Waals surface area (Å²) in [7, 11) is -3.72. The summed E-state index contributed by atoms with van der Waals surface area (Å²) in [6.07, 6.45) is 3.60. The Kier molecular flexibility index (Phi) is 7.89. The first-order chi connectivity index (χ1) is 16.8. The predicted octanol–water partition coefficient (Wildman–Crippen LogP) is 4.31. The average molecular weight is 518 g/mol. The van der Waals surface area contributed by atoms with E-state index < -0.39 is 28.5 Å². The van der Waals surface area contributed by atoms with E-state index in [1.54, 1.807) is 17.5 Å². The molecule has 35 heavy (non-hydrogen) atoms. The highest BCUT2D eigenvalue weighted by atomic mass is 32.2. The number of hydrogen-bond acceptors (Lipinski definition) is 7. The summed E-state index contributed by atoms with van der Waals surface area (Å²) >= 11 is 1.18. The lowest BCUT2D eigenvalue weighted by Crippen LogP contribution is -2.32. The first-order valence-electron chi connectivity index (χ1n) is 11.1. The number of anilines is 1. The van der Waals surface area contributed by atoms with E-state index in [9.17, 15) is 22.4 Å². The third-order valence-electron chi connectivity index (χ3n) is 5.50. The van der Waals surface area contributed by atoms with E-state index in [1.807, 2.05) is 0 Å². The lowest BCUT2D eigenvalue weighted by Gasteiger charge is -2.20. The van der Waals surface area contributed by atoms with Gasteiger partial charge in [-0.15, -0.1) is 11.3 Å². The molecule has 1 amide bonds. The summed E-state index contributed by atoms with van der Waals surface area (Å²) in [5, 5.41) is 4.56. The van der Waals surface area contributed by atoms with Crippen LogP contribution in [0, 0.1) is 5.82 Å². The van der Waals surface area contributed by atoms with Gasteiger partial charge in [-0.3, -0.25) is 10.1 Å². The van der Waals surface area contributed by atoms with Gasteiger partial charge in [0.15, 0.2) is 11.7 Å². The second-order valence-electron chi connectivity index (χ2n) is 8.02. The Hall–Kier alpha value is -3.15. The number of benzene rings is 2. The van der Waals surface area contributed by atoms with Crippen molar-refractivity contribution in [2.45, 2.75) is 30.6 Å². The quantitative estimate of drug-likeness (QED) is 0.468. The number of aromatic nitrogens is 1. The Labute approximate surface area is 206 Å². The topological polar surface area (TPSA) is 106 Å². The largest absolute Gasteiger partial charge is 0.452 e. The monoisotopic (exact) mass is 517 g/mol. The van der Waals surface area contributed by atoms with Crippen LogP contribution in [0.5, 0.6) is 0 Å². The molecule has 0 spiro atoms. The highest BCUT2D eigenvalue weighted by Gasteiger charge is 2.26. The van der Waals surface area contributed by atoms with E-state index in [1.165, 1.54) is 52.0 Å². The lowest BCUT2D eigenvalue weighted by atomic mass is 10.2. The fourth-order valence-electron chi connectivity index (χ4n) is 3.67. The molecule has 0 bridgehead atoms. The predicted molar refractivity (Wildman–Crippen MR) is 130 cm³/mol. The molecule has 0 aliphatic carbocycles. The van der Waals surface area contributed by atoms with Crippen LogP contribution in [-0.2, 0) is 19.6 Å². The van der Waals surface area contributed by atoms with Crippen molar-refractivity contribution in [2.75, 3.05) is 25.0 Å². The second kappa shape index (κ2) is 11.1. The number of nitrogens with zero attached hydrogens (tertiary/aromatic N) is 2. The third kappa shape index (κ3) is 6.30. The molecule has 8 nitrogen and oxygen atoms in total. The van der Waals surface area contributed by atoms with Crippen molar-refractivity contribution in [3.63, 3.8) is 0 Å². The standard InChI is InChI=1S/C24H24FN3O5S2/c25-19-10-8-17(9-11-19)21-16-34-24(26-21)27-22(29)15-33-23(30)18-6-5-7-20(14-18)35(31,32)28-12-3-1-2-4-13-28/h5-11,14,16H,1-4,12-13,15H2,(H,26,27,29). The minimum Gasteiger partial charge on any atom is -0.452 e. The molecule has 1 aromatic heterocycles. The van der Waals surface area contributed by atoms with Gasteiger partial charge in [-0.25, -0.2) is 22.6 Å². The first-order valence-corrected chi connectivity index (χ1v) is 13.4. The Morgan fingerprint density at radius 3 is 2.49 bits per heavy atom. The fourth-order valence-corrected chi connectivity index (χ4v) is 5.97. The Morgan fingerprint density at radius 2 is 1.77 bits per heavy atom. The van der Waals surface area contributed by atoms with Gasteiger partial charge < -0.3 is 4.74 Å². The van der Waals surface area contributed by atoms with Crippen LogP contribution >= 0.6 is 11.3 Å². The van der Waals surface area contributed by atoms with Gasteiger partial charge in [0.2, 0.25) is 10.0 Å². The zero-order chi connectivity index (χ0) is 24.8. The molecule has 1 saturated heterocycles. The van der Waals surface area contributed by atoms with E-state index in [-0.39, 0.29) is 16.3 Å². The zero-order valence-electron chi connectivity index (χ0n) is 18.8. The van der Waals surface area contributed by atoms with E-state index >= 15 is 0 Å². The van der Waals surface area contributed by atoms with Crippen LogP contribution in [0.3, 0.4) is 0 Å². The number of rotatable bonds is 7. The number of thiazole rings is 1. The molecule has 0 unspecified atom stereocenters. The van der Waals surface area contributed by atoms with Crippen LogP contribution in [0.1, 0.15) is 36.0 Å². The van der Waals surface area contributed by atoms with E-state index in [0.717, 1.165) is 25.7 Å². The van der Waals surface area contributed by atoms with Crippen molar-refractivity contribution in [1.29, 1.82) is 0 Å². The highest BCUT2D eigenvalue weighted by Crippen LogP contribution is 2.25. The molecule has 4 rings (SSSR count). The SMILES string of the molecule is O=C(COC(=O)c1cccc(S(=O)(=O)N2CCCCCC2)c1)Nc1nc(-c2ccc(F)cc2)cs1. The summed E-state index contributed by atoms with van der Waals surface area (Å²) in [6, 6.07) is 11.4. The maximum Gasteiger partial charge on any atom is 0.338 e. The molecular weight excluding hydrogens is 493 g/mol. The summed E-state index contributed by atoms with van der Waals surface area (Å²) in [5.74, 6) is -1.75. The van der Waals surface area contributed by atoms with Crippen molar-refractivity contribution in [2.24, 2.45) is 0 Å². The number of hydrogen-bond donors (Lipinski definition) is 1. The van der Waals surface area contributed by atoms with Crippen LogP contribution in [0.15, 0.2) is 58.8 Å². The molecule has 0 atom stereocenters. The van der Waals surface area contributed by atoms with Gasteiger partial charge >= 0.3 is 5.97 Å². The summed E-state index contributed by atoms with van der Waals surface area (Å²) in [4.78, 5) is 29.0. The van der Waals surface area contributed by atoms with Crippen LogP contribution in [0.4, 0.5) is 9.52 Å². The van der Waals surface area contributed by atoms with Crippen LogP contribution in [0.2, 0.25) is 0 Å². The molecule has 0 saturated carbocycles. The lowest BCUT2D eigenvalue weighted by molar-refractivity contribution is -0.119. The van der Waals surface area contributed by atoms with Crippen molar-refractivity contribution >= 4 is 38.4 Å². The van der Waals surface area contributed by atoms with Crippen LogP contribution in [0.25, 0.3) is 11.3 Å². The molecule has 11 heteroatoms. The van der Waals surface area contributed by atoms with Crippen molar-refractivity contribution < 1.29 is 27.1 Å². The number of nitrogens with one attached hydrogen (secondary N) is 1. The number of sulfonamides is 1. The van der Waals surface area contributed by atoms with Crippen molar-refractivity contribution in [3.8, 4) is 11.3 Å². The van der Waals surface area contributed by atoms with Gasteiger partial charge in [0.25, 0.3) is 5.91 Å². The van der Waals surface area contributed by atoms with Gasteiger partial charge in [-0.1, -0.05) is 18.9 Å². The Bertz CT molecular complexity index is 1300.